The Bertz CT molecular complexity index is 1490. The number of aromatic nitrogens is 1. The zero-order chi connectivity index (χ0) is 25.5. The van der Waals surface area contributed by atoms with Crippen LogP contribution in [-0.2, 0) is 21.2 Å². The fraction of sp³-hybridized carbons (Fsp3) is 0.192. The zero-order valence-electron chi connectivity index (χ0n) is 19.5. The van der Waals surface area contributed by atoms with Crippen molar-refractivity contribution in [1.82, 2.24) is 15.0 Å². The Labute approximate surface area is 213 Å². The SMILES string of the molecule is COCCNC(=O)c1cccc(S(=O)(=O)NC(Cc2cccc(C#N)c2)c2nc3ccccc3s2)c1. The number of thiazole rings is 1. The lowest BCUT2D eigenvalue weighted by molar-refractivity contribution is 0.0937. The van der Waals surface area contributed by atoms with Gasteiger partial charge in [0.1, 0.15) is 5.01 Å². The van der Waals surface area contributed by atoms with Gasteiger partial charge in [0.05, 0.1) is 39.4 Å². The number of nitrogens with zero attached hydrogens (tertiary/aromatic N) is 2. The van der Waals surface area contributed by atoms with Crippen molar-refractivity contribution in [3.05, 3.63) is 94.5 Å². The summed E-state index contributed by atoms with van der Waals surface area (Å²) in [6, 6.07) is 22.0. The third kappa shape index (κ3) is 6.13. The van der Waals surface area contributed by atoms with Gasteiger partial charge in [-0.25, -0.2) is 18.1 Å². The molecule has 8 nitrogen and oxygen atoms in total. The minimum atomic E-state index is -4.02. The van der Waals surface area contributed by atoms with E-state index < -0.39 is 16.1 Å². The molecule has 1 heterocycles. The summed E-state index contributed by atoms with van der Waals surface area (Å²) in [6.45, 7) is 0.661. The van der Waals surface area contributed by atoms with Gasteiger partial charge in [0.2, 0.25) is 10.0 Å². The summed E-state index contributed by atoms with van der Waals surface area (Å²) in [5, 5.41) is 12.6. The van der Waals surface area contributed by atoms with Crippen LogP contribution in [0.5, 0.6) is 0 Å². The van der Waals surface area contributed by atoms with E-state index in [1.165, 1.54) is 36.6 Å². The zero-order valence-corrected chi connectivity index (χ0v) is 21.1. The molecule has 1 unspecified atom stereocenters. The molecule has 0 aliphatic heterocycles. The second-order valence-corrected chi connectivity index (χ2v) is 10.8. The monoisotopic (exact) mass is 520 g/mol. The molecule has 0 saturated heterocycles. The van der Waals surface area contributed by atoms with Gasteiger partial charge in [-0.15, -0.1) is 11.3 Å². The third-order valence-electron chi connectivity index (χ3n) is 5.40. The lowest BCUT2D eigenvalue weighted by Gasteiger charge is -2.17. The Kier molecular flexibility index (Phi) is 8.07. The molecule has 1 aromatic heterocycles. The molecule has 0 bridgehead atoms. The van der Waals surface area contributed by atoms with Gasteiger partial charge < -0.3 is 10.1 Å². The van der Waals surface area contributed by atoms with E-state index in [1.807, 2.05) is 30.3 Å². The van der Waals surface area contributed by atoms with Crippen molar-refractivity contribution < 1.29 is 17.9 Å². The van der Waals surface area contributed by atoms with Gasteiger partial charge in [0.25, 0.3) is 5.91 Å². The van der Waals surface area contributed by atoms with E-state index in [1.54, 1.807) is 24.3 Å². The number of methoxy groups -OCH3 is 1. The van der Waals surface area contributed by atoms with Crippen molar-refractivity contribution in [2.45, 2.75) is 17.4 Å². The first-order valence-corrected chi connectivity index (χ1v) is 13.4. The maximum Gasteiger partial charge on any atom is 0.251 e. The van der Waals surface area contributed by atoms with Crippen LogP contribution in [0.15, 0.2) is 77.7 Å². The average Bonchev–Trinajstić information content (AvgIpc) is 3.33. The standard InChI is InChI=1S/C26H24N4O4S2/c1-34-13-12-28-25(31)20-8-5-9-21(16-20)36(32,33)30-23(15-18-6-4-7-19(14-18)17-27)26-29-22-10-2-3-11-24(22)35-26/h2-11,14,16,23,30H,12-13,15H2,1H3,(H,28,31). The minimum Gasteiger partial charge on any atom is -0.383 e. The molecule has 4 aromatic rings. The third-order valence-corrected chi connectivity index (χ3v) is 8.02. The number of benzene rings is 3. The number of hydrogen-bond donors (Lipinski definition) is 2. The second-order valence-electron chi connectivity index (χ2n) is 7.99. The van der Waals surface area contributed by atoms with Crippen LogP contribution in [0.4, 0.5) is 0 Å². The summed E-state index contributed by atoms with van der Waals surface area (Å²) >= 11 is 1.41. The van der Waals surface area contributed by atoms with Gasteiger partial charge in [0, 0.05) is 19.2 Å². The number of sulfonamides is 1. The van der Waals surface area contributed by atoms with Gasteiger partial charge in [-0.05, 0) is 54.4 Å². The quantitative estimate of drug-likeness (QED) is 0.307. The Balaban J connectivity index is 1.65. The fourth-order valence-corrected chi connectivity index (χ4v) is 5.99. The van der Waals surface area contributed by atoms with Crippen LogP contribution in [0.3, 0.4) is 0 Å². The van der Waals surface area contributed by atoms with Crippen molar-refractivity contribution >= 4 is 37.5 Å². The highest BCUT2D eigenvalue weighted by Crippen LogP contribution is 2.30. The lowest BCUT2D eigenvalue weighted by Crippen LogP contribution is -2.31. The van der Waals surface area contributed by atoms with Gasteiger partial charge in [-0.2, -0.15) is 5.26 Å². The van der Waals surface area contributed by atoms with E-state index in [0.29, 0.717) is 30.1 Å². The van der Waals surface area contributed by atoms with E-state index in [2.05, 4.69) is 21.1 Å². The van der Waals surface area contributed by atoms with Crippen LogP contribution in [-0.4, -0.2) is 39.6 Å². The van der Waals surface area contributed by atoms with Gasteiger partial charge in [0.15, 0.2) is 0 Å². The number of rotatable bonds is 10. The van der Waals surface area contributed by atoms with Crippen molar-refractivity contribution in [3.8, 4) is 6.07 Å². The molecule has 0 saturated carbocycles. The maximum absolute atomic E-state index is 13.4. The molecule has 3 aromatic carbocycles. The molecule has 2 N–H and O–H groups in total. The first-order valence-electron chi connectivity index (χ1n) is 11.1. The Hall–Kier alpha value is -3.62. The molecule has 1 atom stereocenters. The van der Waals surface area contributed by atoms with E-state index in [0.717, 1.165) is 15.8 Å². The maximum atomic E-state index is 13.4. The van der Waals surface area contributed by atoms with Crippen LogP contribution >= 0.6 is 11.3 Å². The van der Waals surface area contributed by atoms with E-state index in [9.17, 15) is 18.5 Å². The summed E-state index contributed by atoms with van der Waals surface area (Å²) in [7, 11) is -2.48. The molecule has 36 heavy (non-hydrogen) atoms. The van der Waals surface area contributed by atoms with E-state index >= 15 is 0 Å². The number of hydrogen-bond acceptors (Lipinski definition) is 7. The lowest BCUT2D eigenvalue weighted by atomic mass is 10.0. The van der Waals surface area contributed by atoms with Gasteiger partial charge in [-0.3, -0.25) is 4.79 Å². The first kappa shape index (κ1) is 25.5. The number of carbonyl (C=O) groups excluding carboxylic acids is 1. The van der Waals surface area contributed by atoms with E-state index in [-0.39, 0.29) is 16.4 Å². The van der Waals surface area contributed by atoms with Crippen LogP contribution in [0.25, 0.3) is 10.2 Å². The molecule has 1 amide bonds. The topological polar surface area (TPSA) is 121 Å². The van der Waals surface area contributed by atoms with E-state index in [4.69, 9.17) is 4.74 Å². The summed E-state index contributed by atoms with van der Waals surface area (Å²) in [5.41, 5.74) is 2.30. The summed E-state index contributed by atoms with van der Waals surface area (Å²) in [6.07, 6.45) is 0.297. The number of nitrogens with one attached hydrogen (secondary N) is 2. The number of fused-ring (bicyclic) bond motifs is 1. The number of ether oxygens (including phenoxy) is 1. The number of carbonyl (C=O) groups is 1. The molecular formula is C26H24N4O4S2. The number of para-hydroxylation sites is 1. The molecule has 0 fully saturated rings. The fourth-order valence-electron chi connectivity index (χ4n) is 3.65. The molecule has 0 aliphatic carbocycles. The molecule has 184 valence electrons. The van der Waals surface area contributed by atoms with Crippen molar-refractivity contribution in [3.63, 3.8) is 0 Å². The predicted octanol–water partition coefficient (Wildman–Crippen LogP) is 3.81. The Morgan fingerprint density at radius 1 is 1.11 bits per heavy atom. The molecule has 10 heteroatoms. The summed E-state index contributed by atoms with van der Waals surface area (Å²) in [4.78, 5) is 17.1. The predicted molar refractivity (Wildman–Crippen MR) is 138 cm³/mol. The molecule has 0 radical (unpaired) electrons. The molecule has 4 rings (SSSR count). The Morgan fingerprint density at radius 3 is 2.69 bits per heavy atom. The largest absolute Gasteiger partial charge is 0.383 e. The van der Waals surface area contributed by atoms with Crippen LogP contribution < -0.4 is 10.0 Å². The highest BCUT2D eigenvalue weighted by Gasteiger charge is 2.25. The normalized spacial score (nSPS) is 12.2. The van der Waals surface area contributed by atoms with Crippen molar-refractivity contribution in [2.75, 3.05) is 20.3 Å². The van der Waals surface area contributed by atoms with Crippen LogP contribution in [0.2, 0.25) is 0 Å². The molecule has 0 aliphatic rings. The van der Waals surface area contributed by atoms with Crippen LogP contribution in [0.1, 0.15) is 32.5 Å². The molecule has 0 spiro atoms. The van der Waals surface area contributed by atoms with Crippen LogP contribution in [0, 0.1) is 11.3 Å². The summed E-state index contributed by atoms with van der Waals surface area (Å²) < 4.78 is 35.5. The summed E-state index contributed by atoms with van der Waals surface area (Å²) in [5.74, 6) is -0.389. The van der Waals surface area contributed by atoms with Crippen molar-refractivity contribution in [2.24, 2.45) is 0 Å². The van der Waals surface area contributed by atoms with Crippen molar-refractivity contribution in [1.29, 1.82) is 5.26 Å². The second kappa shape index (κ2) is 11.4. The number of amides is 1. The first-order chi connectivity index (χ1) is 17.4. The average molecular weight is 521 g/mol. The molecular weight excluding hydrogens is 496 g/mol. The number of nitriles is 1. The Morgan fingerprint density at radius 2 is 1.92 bits per heavy atom. The minimum absolute atomic E-state index is 0.0289. The van der Waals surface area contributed by atoms with Gasteiger partial charge in [-0.1, -0.05) is 30.3 Å². The smallest absolute Gasteiger partial charge is 0.251 e. The highest BCUT2D eigenvalue weighted by atomic mass is 32.2. The van der Waals surface area contributed by atoms with Gasteiger partial charge >= 0.3 is 0 Å². The highest BCUT2D eigenvalue weighted by molar-refractivity contribution is 7.89.